The van der Waals surface area contributed by atoms with Crippen LogP contribution >= 0.6 is 11.6 Å². The van der Waals surface area contributed by atoms with E-state index in [0.29, 0.717) is 22.0 Å². The van der Waals surface area contributed by atoms with Crippen LogP contribution in [0.1, 0.15) is 21.8 Å². The van der Waals surface area contributed by atoms with Crippen LogP contribution in [0.15, 0.2) is 28.8 Å². The van der Waals surface area contributed by atoms with Gasteiger partial charge in [0, 0.05) is 16.7 Å². The fourth-order valence-corrected chi connectivity index (χ4v) is 1.71. The Hall–Kier alpha value is -2.29. The molecule has 0 aliphatic heterocycles. The quantitative estimate of drug-likeness (QED) is 0.831. The van der Waals surface area contributed by atoms with Crippen LogP contribution in [0, 0.1) is 18.8 Å². The molecule has 0 radical (unpaired) electrons. The zero-order valence-corrected chi connectivity index (χ0v) is 11.5. The summed E-state index contributed by atoms with van der Waals surface area (Å²) in [6.45, 7) is 1.94. The van der Waals surface area contributed by atoms with Crippen molar-refractivity contribution < 1.29 is 9.32 Å². The Kier molecular flexibility index (Phi) is 4.41. The molecule has 5 nitrogen and oxygen atoms in total. The molecule has 1 aromatic heterocycles. The minimum Gasteiger partial charge on any atom is -0.361 e. The Morgan fingerprint density at radius 2 is 2.30 bits per heavy atom. The van der Waals surface area contributed by atoms with Crippen molar-refractivity contribution in [2.24, 2.45) is 5.73 Å². The number of nitrogens with two attached hydrogens (primary N) is 1. The first kappa shape index (κ1) is 14.1. The van der Waals surface area contributed by atoms with Crippen molar-refractivity contribution in [2.75, 3.05) is 11.9 Å². The van der Waals surface area contributed by atoms with Crippen LogP contribution in [-0.4, -0.2) is 17.6 Å². The summed E-state index contributed by atoms with van der Waals surface area (Å²) in [7, 11) is 0. The number of nitrogens with one attached hydrogen (secondary N) is 1. The van der Waals surface area contributed by atoms with Gasteiger partial charge in [-0.25, -0.2) is 0 Å². The van der Waals surface area contributed by atoms with E-state index in [-0.39, 0.29) is 18.1 Å². The summed E-state index contributed by atoms with van der Waals surface area (Å²) in [4.78, 5) is 12.0. The van der Waals surface area contributed by atoms with Crippen LogP contribution in [0.3, 0.4) is 0 Å². The van der Waals surface area contributed by atoms with E-state index in [1.54, 1.807) is 31.2 Å². The van der Waals surface area contributed by atoms with Gasteiger partial charge in [-0.15, -0.1) is 0 Å². The van der Waals surface area contributed by atoms with Crippen LogP contribution < -0.4 is 11.1 Å². The smallest absolute Gasteiger partial charge is 0.277 e. The number of aromatic nitrogens is 1. The fourth-order valence-electron chi connectivity index (χ4n) is 1.53. The van der Waals surface area contributed by atoms with Gasteiger partial charge in [0.15, 0.2) is 5.69 Å². The van der Waals surface area contributed by atoms with Crippen LogP contribution in [0.4, 0.5) is 5.69 Å². The molecule has 2 rings (SSSR count). The van der Waals surface area contributed by atoms with Crippen molar-refractivity contribution in [2.45, 2.75) is 6.92 Å². The van der Waals surface area contributed by atoms with E-state index in [2.05, 4.69) is 22.3 Å². The van der Waals surface area contributed by atoms with Crippen molar-refractivity contribution in [1.82, 2.24) is 5.16 Å². The highest BCUT2D eigenvalue weighted by molar-refractivity contribution is 6.30. The Balaban J connectivity index is 2.26. The summed E-state index contributed by atoms with van der Waals surface area (Å²) in [5, 5.41) is 6.89. The molecule has 1 heterocycles. The maximum Gasteiger partial charge on any atom is 0.277 e. The van der Waals surface area contributed by atoms with Crippen LogP contribution in [0.2, 0.25) is 5.02 Å². The van der Waals surface area contributed by atoms with Gasteiger partial charge in [-0.2, -0.15) is 0 Å². The van der Waals surface area contributed by atoms with E-state index in [0.717, 1.165) is 0 Å². The Morgan fingerprint density at radius 3 is 2.95 bits per heavy atom. The molecule has 0 aliphatic carbocycles. The number of rotatable bonds is 2. The third-order valence-corrected chi connectivity index (χ3v) is 2.65. The fraction of sp³-hybridized carbons (Fsp3) is 0.143. The average molecular weight is 290 g/mol. The van der Waals surface area contributed by atoms with Gasteiger partial charge >= 0.3 is 0 Å². The molecular weight excluding hydrogens is 278 g/mol. The maximum atomic E-state index is 12.0. The van der Waals surface area contributed by atoms with Gasteiger partial charge in [0.1, 0.15) is 5.76 Å². The number of hydrogen-bond donors (Lipinski definition) is 2. The summed E-state index contributed by atoms with van der Waals surface area (Å²) in [6, 6.07) is 6.55. The van der Waals surface area contributed by atoms with Gasteiger partial charge in [0.2, 0.25) is 0 Å². The topological polar surface area (TPSA) is 81.2 Å². The van der Waals surface area contributed by atoms with Crippen molar-refractivity contribution in [3.63, 3.8) is 0 Å². The summed E-state index contributed by atoms with van der Waals surface area (Å²) < 4.78 is 4.86. The predicted molar refractivity (Wildman–Crippen MR) is 76.6 cm³/mol. The third-order valence-electron chi connectivity index (χ3n) is 2.42. The second kappa shape index (κ2) is 6.24. The monoisotopic (exact) mass is 289 g/mol. The lowest BCUT2D eigenvalue weighted by Gasteiger charge is -2.06. The number of anilines is 1. The Bertz CT molecular complexity index is 698. The van der Waals surface area contributed by atoms with Crippen LogP contribution in [0.25, 0.3) is 0 Å². The molecule has 0 unspecified atom stereocenters. The lowest BCUT2D eigenvalue weighted by atomic mass is 10.1. The third kappa shape index (κ3) is 3.38. The number of nitrogens with zero attached hydrogens (tertiary/aromatic N) is 1. The molecule has 20 heavy (non-hydrogen) atoms. The van der Waals surface area contributed by atoms with Gasteiger partial charge in [-0.05, 0) is 25.1 Å². The van der Waals surface area contributed by atoms with Gasteiger partial charge < -0.3 is 15.6 Å². The lowest BCUT2D eigenvalue weighted by Crippen LogP contribution is -2.13. The first-order valence-electron chi connectivity index (χ1n) is 5.83. The molecule has 0 aliphatic rings. The summed E-state index contributed by atoms with van der Waals surface area (Å²) >= 11 is 5.91. The van der Waals surface area contributed by atoms with Crippen molar-refractivity contribution >= 4 is 23.2 Å². The van der Waals surface area contributed by atoms with E-state index in [1.165, 1.54) is 0 Å². The minimum absolute atomic E-state index is 0.204. The summed E-state index contributed by atoms with van der Waals surface area (Å²) in [5.74, 6) is 5.77. The van der Waals surface area contributed by atoms with Crippen molar-refractivity contribution in [1.29, 1.82) is 0 Å². The minimum atomic E-state index is -0.375. The lowest BCUT2D eigenvalue weighted by molar-refractivity contribution is 0.101. The van der Waals surface area contributed by atoms with Crippen LogP contribution in [0.5, 0.6) is 0 Å². The molecule has 102 valence electrons. The standard InChI is InChI=1S/C14H12ClN3O2/c1-9-7-13(18-20-9)14(19)17-12-5-4-11(15)8-10(12)3-2-6-16/h4-5,7-8H,6,16H2,1H3,(H,17,19). The molecule has 0 fully saturated rings. The molecule has 3 N–H and O–H groups in total. The largest absolute Gasteiger partial charge is 0.361 e. The molecule has 0 spiro atoms. The van der Waals surface area contributed by atoms with E-state index in [4.69, 9.17) is 21.9 Å². The van der Waals surface area contributed by atoms with Crippen molar-refractivity contribution in [3.05, 3.63) is 46.3 Å². The first-order valence-corrected chi connectivity index (χ1v) is 6.21. The van der Waals surface area contributed by atoms with E-state index >= 15 is 0 Å². The maximum absolute atomic E-state index is 12.0. The number of hydrogen-bond acceptors (Lipinski definition) is 4. The predicted octanol–water partition coefficient (Wildman–Crippen LogP) is 2.20. The SMILES string of the molecule is Cc1cc(C(=O)Nc2ccc(Cl)cc2C#CCN)no1. The van der Waals surface area contributed by atoms with Gasteiger partial charge in [0.25, 0.3) is 5.91 Å². The Labute approximate surface area is 121 Å². The normalized spacial score (nSPS) is 9.75. The van der Waals surface area contributed by atoms with E-state index < -0.39 is 0 Å². The highest BCUT2D eigenvalue weighted by Gasteiger charge is 2.12. The van der Waals surface area contributed by atoms with Gasteiger partial charge in [-0.1, -0.05) is 28.6 Å². The van der Waals surface area contributed by atoms with Crippen molar-refractivity contribution in [3.8, 4) is 11.8 Å². The molecule has 1 amide bonds. The second-order valence-corrected chi connectivity index (χ2v) is 4.41. The first-order chi connectivity index (χ1) is 9.60. The zero-order valence-electron chi connectivity index (χ0n) is 10.7. The van der Waals surface area contributed by atoms with E-state index in [1.807, 2.05) is 0 Å². The van der Waals surface area contributed by atoms with Crippen LogP contribution in [-0.2, 0) is 0 Å². The molecule has 1 aromatic carbocycles. The molecule has 0 saturated carbocycles. The molecule has 0 saturated heterocycles. The molecular formula is C14H12ClN3O2. The number of carbonyl (C=O) groups is 1. The van der Waals surface area contributed by atoms with Gasteiger partial charge in [0.05, 0.1) is 12.2 Å². The number of halogens is 1. The number of aryl methyl sites for hydroxylation is 1. The highest BCUT2D eigenvalue weighted by Crippen LogP contribution is 2.20. The second-order valence-electron chi connectivity index (χ2n) is 3.97. The molecule has 0 atom stereocenters. The summed E-state index contributed by atoms with van der Waals surface area (Å²) in [6.07, 6.45) is 0. The Morgan fingerprint density at radius 1 is 1.50 bits per heavy atom. The molecule has 0 bridgehead atoms. The number of carbonyl (C=O) groups excluding carboxylic acids is 1. The molecule has 2 aromatic rings. The zero-order chi connectivity index (χ0) is 14.5. The summed E-state index contributed by atoms with van der Waals surface area (Å²) in [5.41, 5.74) is 6.68. The van der Waals surface area contributed by atoms with E-state index in [9.17, 15) is 4.79 Å². The highest BCUT2D eigenvalue weighted by atomic mass is 35.5. The number of amides is 1. The number of benzene rings is 1. The average Bonchev–Trinajstić information content (AvgIpc) is 2.85. The molecule has 6 heteroatoms. The van der Waals surface area contributed by atoms with Gasteiger partial charge in [-0.3, -0.25) is 4.79 Å².